The Kier molecular flexibility index (Phi) is 7.03. The van der Waals surface area contributed by atoms with Gasteiger partial charge in [0.2, 0.25) is 5.91 Å². The number of hydrogen-bond donors (Lipinski definition) is 2. The lowest BCUT2D eigenvalue weighted by atomic mass is 10.1. The van der Waals surface area contributed by atoms with E-state index in [1.54, 1.807) is 7.05 Å². The van der Waals surface area contributed by atoms with Gasteiger partial charge in [0.25, 0.3) is 5.91 Å². The fraction of sp³-hybridized carbons (Fsp3) is 0.333. The second-order valence-electron chi connectivity index (χ2n) is 3.97. The molecule has 0 saturated heterocycles. The standard InChI is InChI=1S/C12H16FN3O2.ClH/c1-14-7-11(17)15-8-4-5-10(13)9(6-8)12(18)16(2)3;/h4-6,14H,7H2,1-3H3,(H,15,17);1H. The molecule has 5 nitrogen and oxygen atoms in total. The van der Waals surface area contributed by atoms with E-state index in [9.17, 15) is 14.0 Å². The Balaban J connectivity index is 0.00000324. The zero-order valence-electron chi connectivity index (χ0n) is 11.0. The molecule has 1 aromatic rings. The van der Waals surface area contributed by atoms with Crippen molar-refractivity contribution in [2.75, 3.05) is 33.0 Å². The first-order valence-corrected chi connectivity index (χ1v) is 5.41. The molecule has 106 valence electrons. The van der Waals surface area contributed by atoms with Gasteiger partial charge in [-0.05, 0) is 25.2 Å². The predicted octanol–water partition coefficient (Wildman–Crippen LogP) is 1.11. The van der Waals surface area contributed by atoms with Crippen molar-refractivity contribution >= 4 is 29.9 Å². The SMILES string of the molecule is CNCC(=O)Nc1ccc(F)c(C(=O)N(C)C)c1.Cl. The molecule has 0 spiro atoms. The molecule has 0 aliphatic rings. The Morgan fingerprint density at radius 3 is 2.47 bits per heavy atom. The van der Waals surface area contributed by atoms with Crippen LogP contribution in [0.3, 0.4) is 0 Å². The molecule has 7 heteroatoms. The Labute approximate surface area is 117 Å². The van der Waals surface area contributed by atoms with E-state index in [0.29, 0.717) is 5.69 Å². The van der Waals surface area contributed by atoms with E-state index in [2.05, 4.69) is 10.6 Å². The first kappa shape index (κ1) is 17.3. The largest absolute Gasteiger partial charge is 0.345 e. The number of nitrogens with zero attached hydrogens (tertiary/aromatic N) is 1. The molecular formula is C12H17ClFN3O2. The molecule has 0 aliphatic carbocycles. The first-order chi connectivity index (χ1) is 8.45. The normalized spacial score (nSPS) is 9.47. The van der Waals surface area contributed by atoms with E-state index in [4.69, 9.17) is 0 Å². The minimum absolute atomic E-state index is 0. The van der Waals surface area contributed by atoms with Crippen LogP contribution in [-0.4, -0.2) is 44.4 Å². The van der Waals surface area contributed by atoms with E-state index in [1.807, 2.05) is 0 Å². The van der Waals surface area contributed by atoms with E-state index >= 15 is 0 Å². The molecule has 0 aliphatic heterocycles. The van der Waals surface area contributed by atoms with Crippen LogP contribution in [0.25, 0.3) is 0 Å². The molecule has 0 aromatic heterocycles. The average molecular weight is 290 g/mol. The number of halogens is 2. The second-order valence-corrected chi connectivity index (χ2v) is 3.97. The minimum Gasteiger partial charge on any atom is -0.345 e. The Morgan fingerprint density at radius 2 is 1.95 bits per heavy atom. The summed E-state index contributed by atoms with van der Waals surface area (Å²) in [7, 11) is 4.72. The zero-order valence-corrected chi connectivity index (χ0v) is 11.8. The number of nitrogens with one attached hydrogen (secondary N) is 2. The number of carbonyl (C=O) groups excluding carboxylic acids is 2. The maximum Gasteiger partial charge on any atom is 0.256 e. The molecule has 0 bridgehead atoms. The van der Waals surface area contributed by atoms with Gasteiger partial charge in [0.05, 0.1) is 12.1 Å². The number of likely N-dealkylation sites (N-methyl/N-ethyl adjacent to an activating group) is 1. The summed E-state index contributed by atoms with van der Waals surface area (Å²) in [4.78, 5) is 24.3. The fourth-order valence-corrected chi connectivity index (χ4v) is 1.37. The number of benzene rings is 1. The molecule has 0 radical (unpaired) electrons. The lowest BCUT2D eigenvalue weighted by Crippen LogP contribution is -2.26. The zero-order chi connectivity index (χ0) is 13.7. The van der Waals surface area contributed by atoms with E-state index in [0.717, 1.165) is 6.07 Å². The molecule has 2 N–H and O–H groups in total. The third kappa shape index (κ3) is 4.84. The Hall–Kier alpha value is -1.66. The van der Waals surface area contributed by atoms with Gasteiger partial charge in [-0.25, -0.2) is 4.39 Å². The highest BCUT2D eigenvalue weighted by molar-refractivity contribution is 5.97. The van der Waals surface area contributed by atoms with Gasteiger partial charge < -0.3 is 15.5 Å². The lowest BCUT2D eigenvalue weighted by molar-refractivity contribution is -0.115. The van der Waals surface area contributed by atoms with Crippen LogP contribution in [0.4, 0.5) is 10.1 Å². The van der Waals surface area contributed by atoms with Gasteiger partial charge in [-0.2, -0.15) is 0 Å². The summed E-state index contributed by atoms with van der Waals surface area (Å²) in [6, 6.07) is 3.90. The summed E-state index contributed by atoms with van der Waals surface area (Å²) in [5.41, 5.74) is 0.323. The number of rotatable bonds is 4. The summed E-state index contributed by atoms with van der Waals surface area (Å²) < 4.78 is 13.5. The highest BCUT2D eigenvalue weighted by atomic mass is 35.5. The molecule has 0 atom stereocenters. The molecule has 19 heavy (non-hydrogen) atoms. The van der Waals surface area contributed by atoms with Crippen molar-refractivity contribution in [3.8, 4) is 0 Å². The monoisotopic (exact) mass is 289 g/mol. The van der Waals surface area contributed by atoms with Gasteiger partial charge in [-0.15, -0.1) is 12.4 Å². The van der Waals surface area contributed by atoms with Gasteiger partial charge in [0.1, 0.15) is 5.82 Å². The van der Waals surface area contributed by atoms with Gasteiger partial charge in [-0.1, -0.05) is 0 Å². The van der Waals surface area contributed by atoms with Crippen LogP contribution in [0.15, 0.2) is 18.2 Å². The van der Waals surface area contributed by atoms with Crippen LogP contribution in [-0.2, 0) is 4.79 Å². The number of amides is 2. The van der Waals surface area contributed by atoms with Gasteiger partial charge in [0.15, 0.2) is 0 Å². The molecule has 0 saturated carbocycles. The fourth-order valence-electron chi connectivity index (χ4n) is 1.37. The maximum atomic E-state index is 13.5. The van der Waals surface area contributed by atoms with Crippen LogP contribution in [0.2, 0.25) is 0 Å². The quantitative estimate of drug-likeness (QED) is 0.873. The number of hydrogen-bond acceptors (Lipinski definition) is 3. The van der Waals surface area contributed by atoms with Crippen molar-refractivity contribution in [1.82, 2.24) is 10.2 Å². The van der Waals surface area contributed by atoms with Crippen molar-refractivity contribution < 1.29 is 14.0 Å². The molecule has 1 aromatic carbocycles. The Bertz CT molecular complexity index is 466. The minimum atomic E-state index is -0.611. The molecule has 0 fully saturated rings. The van der Waals surface area contributed by atoms with Crippen molar-refractivity contribution in [2.24, 2.45) is 0 Å². The summed E-state index contributed by atoms with van der Waals surface area (Å²) in [6.07, 6.45) is 0. The topological polar surface area (TPSA) is 61.4 Å². The van der Waals surface area contributed by atoms with Crippen molar-refractivity contribution in [1.29, 1.82) is 0 Å². The highest BCUT2D eigenvalue weighted by Crippen LogP contribution is 2.16. The summed E-state index contributed by atoms with van der Waals surface area (Å²) in [5, 5.41) is 5.26. The van der Waals surface area contributed by atoms with Crippen LogP contribution in [0.5, 0.6) is 0 Å². The van der Waals surface area contributed by atoms with E-state index < -0.39 is 11.7 Å². The van der Waals surface area contributed by atoms with Crippen LogP contribution in [0.1, 0.15) is 10.4 Å². The third-order valence-corrected chi connectivity index (χ3v) is 2.22. The molecule has 0 heterocycles. The summed E-state index contributed by atoms with van der Waals surface area (Å²) in [6.45, 7) is 0.147. The van der Waals surface area contributed by atoms with Crippen LogP contribution < -0.4 is 10.6 Å². The predicted molar refractivity (Wildman–Crippen MR) is 74.2 cm³/mol. The summed E-state index contributed by atoms with van der Waals surface area (Å²) >= 11 is 0. The van der Waals surface area contributed by atoms with E-state index in [-0.39, 0.29) is 30.4 Å². The molecular weight excluding hydrogens is 273 g/mol. The smallest absolute Gasteiger partial charge is 0.256 e. The molecule has 0 unspecified atom stereocenters. The van der Waals surface area contributed by atoms with Crippen molar-refractivity contribution in [2.45, 2.75) is 0 Å². The average Bonchev–Trinajstić information content (AvgIpc) is 2.31. The summed E-state index contributed by atoms with van der Waals surface area (Å²) in [5.74, 6) is -1.31. The van der Waals surface area contributed by atoms with Crippen LogP contribution in [0, 0.1) is 5.82 Å². The van der Waals surface area contributed by atoms with Gasteiger partial charge in [0, 0.05) is 19.8 Å². The lowest BCUT2D eigenvalue weighted by Gasteiger charge is -2.12. The second kappa shape index (κ2) is 7.70. The first-order valence-electron chi connectivity index (χ1n) is 5.41. The molecule has 2 amide bonds. The van der Waals surface area contributed by atoms with Gasteiger partial charge in [-0.3, -0.25) is 9.59 Å². The maximum absolute atomic E-state index is 13.5. The Morgan fingerprint density at radius 1 is 1.32 bits per heavy atom. The number of anilines is 1. The van der Waals surface area contributed by atoms with Crippen molar-refractivity contribution in [3.63, 3.8) is 0 Å². The third-order valence-electron chi connectivity index (χ3n) is 2.22. The van der Waals surface area contributed by atoms with Crippen molar-refractivity contribution in [3.05, 3.63) is 29.6 Å². The van der Waals surface area contributed by atoms with E-state index in [1.165, 1.54) is 31.1 Å². The highest BCUT2D eigenvalue weighted by Gasteiger charge is 2.14. The molecule has 1 rings (SSSR count). The van der Waals surface area contributed by atoms with Gasteiger partial charge >= 0.3 is 0 Å². The van der Waals surface area contributed by atoms with Crippen LogP contribution >= 0.6 is 12.4 Å². The number of carbonyl (C=O) groups is 2.